The van der Waals surface area contributed by atoms with Crippen molar-refractivity contribution in [2.75, 3.05) is 18.1 Å². The number of amides is 1. The molecule has 7 heteroatoms. The number of esters is 1. The molecule has 0 unspecified atom stereocenters. The van der Waals surface area contributed by atoms with E-state index in [1.54, 1.807) is 17.9 Å². The molecule has 0 atom stereocenters. The summed E-state index contributed by atoms with van der Waals surface area (Å²) in [6.07, 6.45) is 0.792. The average Bonchev–Trinajstić information content (AvgIpc) is 3.41. The molecule has 0 saturated heterocycles. The fourth-order valence-electron chi connectivity index (χ4n) is 4.01. The largest absolute Gasteiger partial charge is 0.452 e. The van der Waals surface area contributed by atoms with Crippen LogP contribution in [0.5, 0.6) is 0 Å². The molecule has 3 heterocycles. The Balaban J connectivity index is 1.41. The summed E-state index contributed by atoms with van der Waals surface area (Å²) in [6, 6.07) is 17.2. The van der Waals surface area contributed by atoms with Crippen molar-refractivity contribution in [3.63, 3.8) is 0 Å². The van der Waals surface area contributed by atoms with E-state index in [0.717, 1.165) is 28.8 Å². The van der Waals surface area contributed by atoms with Gasteiger partial charge in [-0.15, -0.1) is 0 Å². The number of aryl methyl sites for hydroxylation is 2. The molecule has 5 rings (SSSR count). The van der Waals surface area contributed by atoms with Crippen LogP contribution in [0.15, 0.2) is 59.1 Å². The van der Waals surface area contributed by atoms with E-state index >= 15 is 0 Å². The number of hydrogen-bond acceptors (Lipinski definition) is 6. The third-order valence-corrected chi connectivity index (χ3v) is 5.70. The van der Waals surface area contributed by atoms with Gasteiger partial charge in [0.1, 0.15) is 0 Å². The highest BCUT2D eigenvalue weighted by molar-refractivity contribution is 6.05. The fourth-order valence-corrected chi connectivity index (χ4v) is 4.01. The van der Waals surface area contributed by atoms with E-state index in [0.29, 0.717) is 23.3 Å². The lowest BCUT2D eigenvalue weighted by molar-refractivity contribution is -0.121. The van der Waals surface area contributed by atoms with Crippen LogP contribution < -0.4 is 4.90 Å². The van der Waals surface area contributed by atoms with Crippen molar-refractivity contribution >= 4 is 28.7 Å². The number of para-hydroxylation sites is 1. The second kappa shape index (κ2) is 7.92. The molecular weight excluding hydrogens is 406 g/mol. The molecule has 0 aliphatic carbocycles. The van der Waals surface area contributed by atoms with Gasteiger partial charge in [0.25, 0.3) is 11.6 Å². The van der Waals surface area contributed by atoms with Crippen LogP contribution in [0, 0.1) is 13.8 Å². The fraction of sp³-hybridized carbons (Fsp3) is 0.200. The quantitative estimate of drug-likeness (QED) is 0.453. The van der Waals surface area contributed by atoms with Gasteiger partial charge in [-0.2, -0.15) is 0 Å². The SMILES string of the molecule is Cc1ccc(-c2cc(C(=O)OCC(=O)N3CCc4ccccc43)c3c(C)noc3n2)cc1. The van der Waals surface area contributed by atoms with Gasteiger partial charge < -0.3 is 14.2 Å². The molecule has 2 aromatic carbocycles. The highest BCUT2D eigenvalue weighted by atomic mass is 16.5. The lowest BCUT2D eigenvalue weighted by Crippen LogP contribution is -2.33. The zero-order valence-electron chi connectivity index (χ0n) is 17.8. The number of anilines is 1. The van der Waals surface area contributed by atoms with Crippen molar-refractivity contribution in [2.45, 2.75) is 20.3 Å². The number of fused-ring (bicyclic) bond motifs is 2. The first kappa shape index (κ1) is 19.9. The summed E-state index contributed by atoms with van der Waals surface area (Å²) in [6.45, 7) is 3.97. The number of ether oxygens (including phenoxy) is 1. The first-order chi connectivity index (χ1) is 15.5. The molecule has 2 aromatic heterocycles. The zero-order chi connectivity index (χ0) is 22.2. The van der Waals surface area contributed by atoms with Crippen LogP contribution in [-0.2, 0) is 16.0 Å². The van der Waals surface area contributed by atoms with Crippen LogP contribution in [-0.4, -0.2) is 35.2 Å². The van der Waals surface area contributed by atoms with Crippen LogP contribution in [0.25, 0.3) is 22.4 Å². The van der Waals surface area contributed by atoms with E-state index in [-0.39, 0.29) is 23.8 Å². The van der Waals surface area contributed by atoms with Crippen LogP contribution in [0.4, 0.5) is 5.69 Å². The van der Waals surface area contributed by atoms with Crippen molar-refractivity contribution in [2.24, 2.45) is 0 Å². The zero-order valence-corrected chi connectivity index (χ0v) is 17.8. The maximum atomic E-state index is 13.0. The monoisotopic (exact) mass is 427 g/mol. The Labute approximate surface area is 184 Å². The van der Waals surface area contributed by atoms with Crippen molar-refractivity contribution < 1.29 is 18.8 Å². The maximum absolute atomic E-state index is 13.0. The van der Waals surface area contributed by atoms with Gasteiger partial charge in [0.05, 0.1) is 22.3 Å². The van der Waals surface area contributed by atoms with Crippen LogP contribution in [0.1, 0.15) is 27.2 Å². The third-order valence-electron chi connectivity index (χ3n) is 5.70. The van der Waals surface area contributed by atoms with E-state index in [1.165, 1.54) is 0 Å². The second-order valence-corrected chi connectivity index (χ2v) is 7.87. The lowest BCUT2D eigenvalue weighted by Gasteiger charge is -2.17. The Hall–Kier alpha value is -4.00. The van der Waals surface area contributed by atoms with E-state index < -0.39 is 5.97 Å². The summed E-state index contributed by atoms with van der Waals surface area (Å²) < 4.78 is 10.8. The molecule has 1 amide bonds. The number of aromatic nitrogens is 2. The van der Waals surface area contributed by atoms with Crippen LogP contribution >= 0.6 is 0 Å². The van der Waals surface area contributed by atoms with Gasteiger partial charge >= 0.3 is 5.97 Å². The Kier molecular flexibility index (Phi) is 4.93. The molecule has 0 bridgehead atoms. The first-order valence-electron chi connectivity index (χ1n) is 10.4. The van der Waals surface area contributed by atoms with Crippen molar-refractivity contribution in [1.82, 2.24) is 10.1 Å². The predicted octanol–water partition coefficient (Wildman–Crippen LogP) is 4.25. The standard InChI is InChI=1S/C25H21N3O4/c1-15-7-9-17(10-8-15)20-13-19(23-16(2)27-32-24(23)26-20)25(30)31-14-22(29)28-12-11-18-5-3-4-6-21(18)28/h3-10,13H,11-12,14H2,1-2H3. The van der Waals surface area contributed by atoms with Crippen molar-refractivity contribution in [3.8, 4) is 11.3 Å². The molecule has 4 aromatic rings. The Morgan fingerprint density at radius 3 is 2.69 bits per heavy atom. The molecule has 1 aliphatic heterocycles. The van der Waals surface area contributed by atoms with Gasteiger partial charge in [-0.05, 0) is 38.0 Å². The maximum Gasteiger partial charge on any atom is 0.339 e. The van der Waals surface area contributed by atoms with Gasteiger partial charge in [0, 0.05) is 17.8 Å². The first-order valence-corrected chi connectivity index (χ1v) is 10.4. The van der Waals surface area contributed by atoms with Crippen molar-refractivity contribution in [3.05, 3.63) is 77.0 Å². The van der Waals surface area contributed by atoms with E-state index in [2.05, 4.69) is 10.1 Å². The van der Waals surface area contributed by atoms with Gasteiger partial charge in [0.2, 0.25) is 0 Å². The van der Waals surface area contributed by atoms with Crippen molar-refractivity contribution in [1.29, 1.82) is 0 Å². The summed E-state index contributed by atoms with van der Waals surface area (Å²) in [4.78, 5) is 31.9. The second-order valence-electron chi connectivity index (χ2n) is 7.87. The van der Waals surface area contributed by atoms with Gasteiger partial charge in [0.15, 0.2) is 6.61 Å². The molecule has 7 nitrogen and oxygen atoms in total. The summed E-state index contributed by atoms with van der Waals surface area (Å²) in [5.74, 6) is -0.868. The molecule has 32 heavy (non-hydrogen) atoms. The average molecular weight is 427 g/mol. The van der Waals surface area contributed by atoms with Gasteiger partial charge in [-0.25, -0.2) is 9.78 Å². The minimum Gasteiger partial charge on any atom is -0.452 e. The van der Waals surface area contributed by atoms with E-state index in [4.69, 9.17) is 9.26 Å². The minimum absolute atomic E-state index is 0.255. The highest BCUT2D eigenvalue weighted by Gasteiger charge is 2.26. The number of carbonyl (C=O) groups is 2. The molecule has 0 spiro atoms. The Bertz CT molecular complexity index is 1340. The molecule has 0 radical (unpaired) electrons. The third kappa shape index (κ3) is 3.51. The smallest absolute Gasteiger partial charge is 0.339 e. The number of benzene rings is 2. The molecule has 0 N–H and O–H groups in total. The Morgan fingerprint density at radius 1 is 1.09 bits per heavy atom. The summed E-state index contributed by atoms with van der Waals surface area (Å²) >= 11 is 0. The summed E-state index contributed by atoms with van der Waals surface area (Å²) in [5, 5.41) is 4.44. The molecular formula is C25H21N3O4. The minimum atomic E-state index is -0.613. The number of rotatable bonds is 4. The highest BCUT2D eigenvalue weighted by Crippen LogP contribution is 2.29. The number of nitrogens with zero attached hydrogens (tertiary/aromatic N) is 3. The molecule has 0 fully saturated rings. The van der Waals surface area contributed by atoms with Gasteiger partial charge in [-0.1, -0.05) is 53.2 Å². The van der Waals surface area contributed by atoms with E-state index in [9.17, 15) is 9.59 Å². The summed E-state index contributed by atoms with van der Waals surface area (Å²) in [7, 11) is 0. The topological polar surface area (TPSA) is 85.5 Å². The number of carbonyl (C=O) groups excluding carboxylic acids is 2. The lowest BCUT2D eigenvalue weighted by atomic mass is 10.0. The normalized spacial score (nSPS) is 12.8. The summed E-state index contributed by atoms with van der Waals surface area (Å²) in [5.41, 5.74) is 5.58. The van der Waals surface area contributed by atoms with Crippen LogP contribution in [0.2, 0.25) is 0 Å². The number of pyridine rings is 1. The number of hydrogen-bond donors (Lipinski definition) is 0. The van der Waals surface area contributed by atoms with Crippen LogP contribution in [0.3, 0.4) is 0 Å². The molecule has 1 aliphatic rings. The predicted molar refractivity (Wildman–Crippen MR) is 119 cm³/mol. The van der Waals surface area contributed by atoms with Gasteiger partial charge in [-0.3, -0.25) is 4.79 Å². The molecule has 0 saturated carbocycles. The molecule has 160 valence electrons. The Morgan fingerprint density at radius 2 is 1.88 bits per heavy atom. The van der Waals surface area contributed by atoms with E-state index in [1.807, 2.05) is 55.5 Å².